The first-order chi connectivity index (χ1) is 17.0. The van der Waals surface area contributed by atoms with Crippen molar-refractivity contribution in [1.29, 1.82) is 0 Å². The minimum absolute atomic E-state index is 0.0123. The highest BCUT2D eigenvalue weighted by molar-refractivity contribution is 6.46. The van der Waals surface area contributed by atoms with Gasteiger partial charge in [0, 0.05) is 32.4 Å². The first kappa shape index (κ1) is 23.2. The van der Waals surface area contributed by atoms with Crippen molar-refractivity contribution in [2.75, 3.05) is 39.4 Å². The number of hydrogen-bond acceptors (Lipinski definition) is 6. The predicted octanol–water partition coefficient (Wildman–Crippen LogP) is 2.93. The van der Waals surface area contributed by atoms with E-state index >= 15 is 0 Å². The Labute approximate surface area is 202 Å². The van der Waals surface area contributed by atoms with Crippen LogP contribution in [0.25, 0.3) is 11.4 Å². The zero-order chi connectivity index (χ0) is 24.5. The molecule has 1 N–H and O–H groups in total. The number of carbonyl (C=O) groups is 2. The number of ether oxygens (including phenoxy) is 1. The van der Waals surface area contributed by atoms with Gasteiger partial charge in [-0.2, -0.15) is 0 Å². The first-order valence-electron chi connectivity index (χ1n) is 11.7. The Kier molecular flexibility index (Phi) is 6.36. The van der Waals surface area contributed by atoms with Gasteiger partial charge in [0.1, 0.15) is 17.2 Å². The number of aliphatic hydroxyl groups is 1. The summed E-state index contributed by atoms with van der Waals surface area (Å²) in [5, 5.41) is 11.4. The SMILES string of the molecule is Cc1nc2ccccn2c1C(O)=C1C(=O)C(=O)N(CCCN2CCOCC2)[C@H]1c1ccc(F)cc1. The van der Waals surface area contributed by atoms with Crippen LogP contribution in [-0.2, 0) is 14.3 Å². The number of aliphatic hydroxyl groups excluding tert-OH is 1. The van der Waals surface area contributed by atoms with Crippen molar-refractivity contribution in [2.24, 2.45) is 0 Å². The minimum Gasteiger partial charge on any atom is -0.505 e. The number of imidazole rings is 1. The van der Waals surface area contributed by atoms with E-state index in [1.807, 2.05) is 6.07 Å². The van der Waals surface area contributed by atoms with E-state index in [2.05, 4.69) is 9.88 Å². The van der Waals surface area contributed by atoms with Crippen LogP contribution in [0.5, 0.6) is 0 Å². The number of carbonyl (C=O) groups excluding carboxylic acids is 2. The number of hydrogen-bond donors (Lipinski definition) is 1. The number of morpholine rings is 1. The third-order valence-electron chi connectivity index (χ3n) is 6.63. The van der Waals surface area contributed by atoms with Crippen molar-refractivity contribution in [2.45, 2.75) is 19.4 Å². The highest BCUT2D eigenvalue weighted by atomic mass is 19.1. The van der Waals surface area contributed by atoms with E-state index < -0.39 is 23.5 Å². The predicted molar refractivity (Wildman–Crippen MR) is 127 cm³/mol. The molecule has 0 spiro atoms. The Hall–Kier alpha value is -3.56. The summed E-state index contributed by atoms with van der Waals surface area (Å²) in [7, 11) is 0. The molecule has 8 nitrogen and oxygen atoms in total. The maximum Gasteiger partial charge on any atom is 0.295 e. The summed E-state index contributed by atoms with van der Waals surface area (Å²) < 4.78 is 20.8. The van der Waals surface area contributed by atoms with E-state index in [9.17, 15) is 19.1 Å². The lowest BCUT2D eigenvalue weighted by Crippen LogP contribution is -2.38. The summed E-state index contributed by atoms with van der Waals surface area (Å²) in [4.78, 5) is 34.7. The minimum atomic E-state index is -0.825. The van der Waals surface area contributed by atoms with Crippen molar-refractivity contribution < 1.29 is 23.8 Å². The van der Waals surface area contributed by atoms with Crippen molar-refractivity contribution in [3.05, 3.63) is 77.0 Å². The van der Waals surface area contributed by atoms with Crippen LogP contribution in [0.1, 0.15) is 29.4 Å². The molecule has 0 saturated carbocycles. The molecule has 182 valence electrons. The molecule has 1 atom stereocenters. The van der Waals surface area contributed by atoms with Crippen LogP contribution in [0.4, 0.5) is 4.39 Å². The highest BCUT2D eigenvalue weighted by Crippen LogP contribution is 2.40. The third kappa shape index (κ3) is 4.33. The summed E-state index contributed by atoms with van der Waals surface area (Å²) in [6.07, 6.45) is 2.40. The number of ketones is 1. The highest BCUT2D eigenvalue weighted by Gasteiger charge is 2.46. The molecule has 1 aromatic carbocycles. The molecular formula is C26H27FN4O4. The molecule has 0 unspecified atom stereocenters. The van der Waals surface area contributed by atoms with E-state index in [0.717, 1.165) is 19.6 Å². The molecule has 0 aliphatic carbocycles. The van der Waals surface area contributed by atoms with Crippen LogP contribution in [0.2, 0.25) is 0 Å². The maximum absolute atomic E-state index is 13.7. The second kappa shape index (κ2) is 9.59. The van der Waals surface area contributed by atoms with Crippen LogP contribution < -0.4 is 0 Å². The van der Waals surface area contributed by atoms with Crippen LogP contribution in [0.15, 0.2) is 54.2 Å². The molecule has 9 heteroatoms. The number of aromatic nitrogens is 2. The number of aryl methyl sites for hydroxylation is 1. The average Bonchev–Trinajstić information content (AvgIpc) is 3.33. The summed E-state index contributed by atoms with van der Waals surface area (Å²) in [5.41, 5.74) is 2.06. The molecule has 4 heterocycles. The normalized spacial score (nSPS) is 20.7. The molecule has 5 rings (SSSR count). The smallest absolute Gasteiger partial charge is 0.295 e. The van der Waals surface area contributed by atoms with Crippen LogP contribution in [0.3, 0.4) is 0 Å². The lowest BCUT2D eigenvalue weighted by atomic mass is 9.96. The van der Waals surface area contributed by atoms with E-state index in [1.54, 1.807) is 41.8 Å². The molecule has 35 heavy (non-hydrogen) atoms. The Bertz CT molecular complexity index is 1290. The number of rotatable bonds is 6. The van der Waals surface area contributed by atoms with E-state index in [1.165, 1.54) is 17.0 Å². The number of likely N-dealkylation sites (tertiary alicyclic amines) is 1. The number of pyridine rings is 1. The van der Waals surface area contributed by atoms with Gasteiger partial charge in [-0.3, -0.25) is 18.9 Å². The molecule has 2 aliphatic rings. The van der Waals surface area contributed by atoms with E-state index in [0.29, 0.717) is 48.8 Å². The monoisotopic (exact) mass is 478 g/mol. The second-order valence-corrected chi connectivity index (χ2v) is 8.83. The first-order valence-corrected chi connectivity index (χ1v) is 11.7. The van der Waals surface area contributed by atoms with Crippen LogP contribution in [0, 0.1) is 12.7 Å². The zero-order valence-corrected chi connectivity index (χ0v) is 19.5. The fraction of sp³-hybridized carbons (Fsp3) is 0.346. The molecule has 1 amide bonds. The van der Waals surface area contributed by atoms with Gasteiger partial charge in [0.05, 0.1) is 30.5 Å². The number of nitrogens with zero attached hydrogens (tertiary/aromatic N) is 4. The van der Waals surface area contributed by atoms with Gasteiger partial charge >= 0.3 is 0 Å². The number of fused-ring (bicyclic) bond motifs is 1. The summed E-state index contributed by atoms with van der Waals surface area (Å²) in [5.74, 6) is -2.14. The summed E-state index contributed by atoms with van der Waals surface area (Å²) in [6.45, 7) is 5.84. The zero-order valence-electron chi connectivity index (χ0n) is 19.5. The lowest BCUT2D eigenvalue weighted by molar-refractivity contribution is -0.140. The van der Waals surface area contributed by atoms with Gasteiger partial charge in [-0.15, -0.1) is 0 Å². The Morgan fingerprint density at radius 3 is 2.60 bits per heavy atom. The molecule has 2 aliphatic heterocycles. The van der Waals surface area contributed by atoms with Gasteiger partial charge < -0.3 is 14.7 Å². The maximum atomic E-state index is 13.7. The van der Waals surface area contributed by atoms with Gasteiger partial charge in [0.2, 0.25) is 0 Å². The summed E-state index contributed by atoms with van der Waals surface area (Å²) in [6, 6.07) is 10.3. The van der Waals surface area contributed by atoms with Gasteiger partial charge in [-0.1, -0.05) is 18.2 Å². The van der Waals surface area contributed by atoms with Gasteiger partial charge in [-0.05, 0) is 43.2 Å². The second-order valence-electron chi connectivity index (χ2n) is 8.83. The fourth-order valence-corrected chi connectivity index (χ4v) is 4.92. The quantitative estimate of drug-likeness (QED) is 0.333. The average molecular weight is 479 g/mol. The van der Waals surface area contributed by atoms with E-state index in [4.69, 9.17) is 4.74 Å². The fourth-order valence-electron chi connectivity index (χ4n) is 4.92. The Balaban J connectivity index is 1.54. The standard InChI is InChI=1S/C26H27FN4O4/c1-17-22(30-11-3-2-5-20(30)28-17)24(32)21-23(18-6-8-19(27)9-7-18)31(26(34)25(21)33)12-4-10-29-13-15-35-16-14-29/h2-3,5-9,11,23,32H,4,10,12-16H2,1H3/t23-/m0/s1. The number of Topliss-reactive ketones (excluding diaryl/α,β-unsaturated/α-hetero) is 1. The van der Waals surface area contributed by atoms with Gasteiger partial charge in [-0.25, -0.2) is 9.37 Å². The topological polar surface area (TPSA) is 87.4 Å². The summed E-state index contributed by atoms with van der Waals surface area (Å²) >= 11 is 0. The number of amides is 1. The molecule has 0 bridgehead atoms. The lowest BCUT2D eigenvalue weighted by Gasteiger charge is -2.29. The molecule has 2 aromatic heterocycles. The molecule has 2 saturated heterocycles. The van der Waals surface area contributed by atoms with Crippen molar-refractivity contribution in [3.63, 3.8) is 0 Å². The van der Waals surface area contributed by atoms with Gasteiger partial charge in [0.25, 0.3) is 11.7 Å². The largest absolute Gasteiger partial charge is 0.505 e. The molecule has 0 radical (unpaired) electrons. The molecule has 3 aromatic rings. The van der Waals surface area contributed by atoms with Crippen molar-refractivity contribution in [3.8, 4) is 0 Å². The number of benzene rings is 1. The van der Waals surface area contributed by atoms with Crippen LogP contribution in [-0.4, -0.2) is 75.4 Å². The van der Waals surface area contributed by atoms with Crippen molar-refractivity contribution in [1.82, 2.24) is 19.2 Å². The molecule has 2 fully saturated rings. The van der Waals surface area contributed by atoms with Crippen molar-refractivity contribution >= 4 is 23.1 Å². The number of halogens is 1. The van der Waals surface area contributed by atoms with Crippen LogP contribution >= 0.6 is 0 Å². The Morgan fingerprint density at radius 1 is 1.11 bits per heavy atom. The van der Waals surface area contributed by atoms with Gasteiger partial charge in [0.15, 0.2) is 5.76 Å². The molecular weight excluding hydrogens is 451 g/mol. The Morgan fingerprint density at radius 2 is 1.86 bits per heavy atom. The third-order valence-corrected chi connectivity index (χ3v) is 6.63. The van der Waals surface area contributed by atoms with E-state index in [-0.39, 0.29) is 11.3 Å².